The number of carbonyl (C=O) groups excluding carboxylic acids is 1. The van der Waals surface area contributed by atoms with E-state index in [-0.39, 0.29) is 24.4 Å². The summed E-state index contributed by atoms with van der Waals surface area (Å²) in [5, 5.41) is 16.7. The van der Waals surface area contributed by atoms with E-state index in [1.807, 2.05) is 17.0 Å². The standard InChI is InChI=1S/C23H25F3N6O3/c1-23(13-33)8-14-6-17(29-22(34)16-10-28-32-11-15(24)9-27-21(16)32)18(7-19(14)35-23)31-4-2-30(3-5-31)12-20(25)26/h6-7,9-11,20,33H,2-5,8,12-13H2,1H3,(H,29,34). The summed E-state index contributed by atoms with van der Waals surface area (Å²) in [6.45, 7) is 3.24. The third-order valence-electron chi connectivity index (χ3n) is 6.36. The summed E-state index contributed by atoms with van der Waals surface area (Å²) in [5.41, 5.74) is 1.65. The zero-order valence-corrected chi connectivity index (χ0v) is 19.0. The van der Waals surface area contributed by atoms with Crippen LogP contribution in [0.4, 0.5) is 24.5 Å². The Hall–Kier alpha value is -3.38. The van der Waals surface area contributed by atoms with Gasteiger partial charge in [-0.3, -0.25) is 9.69 Å². The molecule has 2 aliphatic heterocycles. The van der Waals surface area contributed by atoms with E-state index in [0.29, 0.717) is 49.7 Å². The second-order valence-corrected chi connectivity index (χ2v) is 9.10. The molecule has 1 saturated heterocycles. The molecule has 0 aliphatic carbocycles. The highest BCUT2D eigenvalue weighted by atomic mass is 19.3. The SMILES string of the molecule is CC1(CO)Cc2cc(NC(=O)c3cnn4cc(F)cnc34)c(N3CCN(CC(F)F)CC3)cc2O1. The molecule has 1 fully saturated rings. The molecular weight excluding hydrogens is 465 g/mol. The Balaban J connectivity index is 1.45. The van der Waals surface area contributed by atoms with Gasteiger partial charge in [-0.25, -0.2) is 22.7 Å². The molecule has 0 saturated carbocycles. The van der Waals surface area contributed by atoms with Gasteiger partial charge in [0.2, 0.25) is 0 Å². The Morgan fingerprint density at radius 2 is 2.03 bits per heavy atom. The van der Waals surface area contributed by atoms with Crippen LogP contribution in [0.2, 0.25) is 0 Å². The molecule has 1 aromatic carbocycles. The fourth-order valence-corrected chi connectivity index (χ4v) is 4.57. The number of nitrogens with zero attached hydrogens (tertiary/aromatic N) is 5. The van der Waals surface area contributed by atoms with Crippen molar-refractivity contribution in [3.05, 3.63) is 47.7 Å². The van der Waals surface area contributed by atoms with Gasteiger partial charge in [0.15, 0.2) is 11.5 Å². The second-order valence-electron chi connectivity index (χ2n) is 9.10. The average molecular weight is 490 g/mol. The van der Waals surface area contributed by atoms with Crippen molar-refractivity contribution in [3.8, 4) is 5.75 Å². The number of amides is 1. The monoisotopic (exact) mass is 490 g/mol. The highest BCUT2D eigenvalue weighted by Gasteiger charge is 2.36. The maximum absolute atomic E-state index is 13.5. The summed E-state index contributed by atoms with van der Waals surface area (Å²) in [7, 11) is 0. The van der Waals surface area contributed by atoms with Crippen molar-refractivity contribution in [2.24, 2.45) is 0 Å². The number of aromatic nitrogens is 3. The zero-order valence-electron chi connectivity index (χ0n) is 19.0. The molecule has 4 heterocycles. The first kappa shape index (κ1) is 23.4. The molecule has 1 atom stereocenters. The van der Waals surface area contributed by atoms with Gasteiger partial charge in [0.25, 0.3) is 12.3 Å². The van der Waals surface area contributed by atoms with E-state index in [2.05, 4.69) is 15.4 Å². The van der Waals surface area contributed by atoms with E-state index in [4.69, 9.17) is 4.74 Å². The molecule has 0 bridgehead atoms. The van der Waals surface area contributed by atoms with Gasteiger partial charge in [-0.2, -0.15) is 5.10 Å². The maximum Gasteiger partial charge on any atom is 0.261 e. The van der Waals surface area contributed by atoms with Crippen LogP contribution in [0.1, 0.15) is 22.8 Å². The zero-order chi connectivity index (χ0) is 24.7. The lowest BCUT2D eigenvalue weighted by Gasteiger charge is -2.37. The van der Waals surface area contributed by atoms with Crippen molar-refractivity contribution in [1.29, 1.82) is 0 Å². The Kier molecular flexibility index (Phi) is 6.01. The highest BCUT2D eigenvalue weighted by molar-refractivity contribution is 6.09. The van der Waals surface area contributed by atoms with Crippen molar-refractivity contribution in [2.45, 2.75) is 25.4 Å². The summed E-state index contributed by atoms with van der Waals surface area (Å²) in [4.78, 5) is 20.9. The van der Waals surface area contributed by atoms with Gasteiger partial charge in [0, 0.05) is 44.2 Å². The van der Waals surface area contributed by atoms with Gasteiger partial charge in [0.05, 0.1) is 43.1 Å². The van der Waals surface area contributed by atoms with E-state index in [0.717, 1.165) is 18.0 Å². The van der Waals surface area contributed by atoms with Gasteiger partial charge in [-0.15, -0.1) is 0 Å². The number of halogens is 3. The topological polar surface area (TPSA) is 95.2 Å². The smallest absolute Gasteiger partial charge is 0.261 e. The molecule has 12 heteroatoms. The fourth-order valence-electron chi connectivity index (χ4n) is 4.57. The van der Waals surface area contributed by atoms with Crippen LogP contribution < -0.4 is 15.0 Å². The van der Waals surface area contributed by atoms with Crippen LogP contribution in [0.15, 0.2) is 30.7 Å². The van der Waals surface area contributed by atoms with Crippen molar-refractivity contribution in [1.82, 2.24) is 19.5 Å². The molecule has 1 amide bonds. The van der Waals surface area contributed by atoms with Gasteiger partial charge < -0.3 is 20.1 Å². The number of aliphatic hydroxyl groups is 1. The van der Waals surface area contributed by atoms with Crippen LogP contribution in [-0.4, -0.2) is 81.9 Å². The Bertz CT molecular complexity index is 1260. The number of fused-ring (bicyclic) bond motifs is 2. The number of alkyl halides is 2. The van der Waals surface area contributed by atoms with Gasteiger partial charge >= 0.3 is 0 Å². The van der Waals surface area contributed by atoms with Gasteiger partial charge in [-0.05, 0) is 13.0 Å². The molecule has 2 aromatic heterocycles. The van der Waals surface area contributed by atoms with Crippen molar-refractivity contribution in [2.75, 3.05) is 49.5 Å². The summed E-state index contributed by atoms with van der Waals surface area (Å²) in [6.07, 6.45) is 1.53. The lowest BCUT2D eigenvalue weighted by molar-refractivity contribution is 0.0447. The normalized spacial score (nSPS) is 20.3. The van der Waals surface area contributed by atoms with Crippen LogP contribution in [0.25, 0.3) is 5.65 Å². The maximum atomic E-state index is 13.5. The highest BCUT2D eigenvalue weighted by Crippen LogP contribution is 2.42. The first-order valence-electron chi connectivity index (χ1n) is 11.3. The second kappa shape index (κ2) is 9.00. The minimum Gasteiger partial charge on any atom is -0.484 e. The summed E-state index contributed by atoms with van der Waals surface area (Å²) < 4.78 is 46.2. The predicted octanol–water partition coefficient (Wildman–Crippen LogP) is 2.19. The lowest BCUT2D eigenvalue weighted by atomic mass is 9.99. The summed E-state index contributed by atoms with van der Waals surface area (Å²) in [5.74, 6) is -0.440. The van der Waals surface area contributed by atoms with E-state index in [9.17, 15) is 23.1 Å². The third kappa shape index (κ3) is 4.63. The van der Waals surface area contributed by atoms with Crippen LogP contribution in [0.3, 0.4) is 0 Å². The van der Waals surface area contributed by atoms with Crippen molar-refractivity contribution >= 4 is 22.9 Å². The van der Waals surface area contributed by atoms with Crippen molar-refractivity contribution < 1.29 is 27.8 Å². The molecule has 1 unspecified atom stereocenters. The molecule has 2 aliphatic rings. The molecule has 2 N–H and O–H groups in total. The van der Waals surface area contributed by atoms with Gasteiger partial charge in [-0.1, -0.05) is 0 Å². The number of anilines is 2. The van der Waals surface area contributed by atoms with Crippen LogP contribution in [0, 0.1) is 5.82 Å². The first-order valence-corrected chi connectivity index (χ1v) is 11.3. The average Bonchev–Trinajstić information content (AvgIpc) is 3.38. The van der Waals surface area contributed by atoms with E-state index in [1.54, 1.807) is 11.8 Å². The number of rotatable bonds is 6. The summed E-state index contributed by atoms with van der Waals surface area (Å²) in [6, 6.07) is 3.63. The quantitative estimate of drug-likeness (QED) is 0.547. The summed E-state index contributed by atoms with van der Waals surface area (Å²) >= 11 is 0. The Morgan fingerprint density at radius 1 is 1.26 bits per heavy atom. The first-order chi connectivity index (χ1) is 16.7. The number of piperazine rings is 1. The van der Waals surface area contributed by atoms with Crippen molar-refractivity contribution in [3.63, 3.8) is 0 Å². The molecule has 0 spiro atoms. The molecule has 3 aromatic rings. The Morgan fingerprint density at radius 3 is 2.74 bits per heavy atom. The number of aliphatic hydroxyl groups excluding tert-OH is 1. The molecular formula is C23H25F3N6O3. The number of carbonyl (C=O) groups is 1. The number of hydrogen-bond acceptors (Lipinski definition) is 7. The largest absolute Gasteiger partial charge is 0.484 e. The fraction of sp³-hybridized carbons (Fsp3) is 0.435. The number of hydrogen-bond donors (Lipinski definition) is 2. The lowest BCUT2D eigenvalue weighted by Crippen LogP contribution is -2.48. The molecule has 35 heavy (non-hydrogen) atoms. The van der Waals surface area contributed by atoms with E-state index >= 15 is 0 Å². The van der Waals surface area contributed by atoms with Crippen LogP contribution in [0.5, 0.6) is 5.75 Å². The number of ether oxygens (including phenoxy) is 1. The van der Waals surface area contributed by atoms with Gasteiger partial charge in [0.1, 0.15) is 16.9 Å². The third-order valence-corrected chi connectivity index (χ3v) is 6.36. The minimum absolute atomic E-state index is 0.171. The predicted molar refractivity (Wildman–Crippen MR) is 122 cm³/mol. The van der Waals surface area contributed by atoms with Crippen LogP contribution in [-0.2, 0) is 6.42 Å². The minimum atomic E-state index is -2.39. The molecule has 186 valence electrons. The van der Waals surface area contributed by atoms with E-state index in [1.165, 1.54) is 10.7 Å². The van der Waals surface area contributed by atoms with Crippen LogP contribution >= 0.6 is 0 Å². The molecule has 0 radical (unpaired) electrons. The van der Waals surface area contributed by atoms with E-state index < -0.39 is 23.8 Å². The molecule has 9 nitrogen and oxygen atoms in total. The number of nitrogens with one attached hydrogen (secondary N) is 1. The Labute approximate surface area is 199 Å². The molecule has 5 rings (SSSR count). The number of benzene rings is 1.